The molecular formula is C14H26N2O2. The molecule has 1 amide bonds. The van der Waals surface area contributed by atoms with Gasteiger partial charge < -0.3 is 15.0 Å². The van der Waals surface area contributed by atoms with Crippen molar-refractivity contribution in [1.82, 2.24) is 10.2 Å². The summed E-state index contributed by atoms with van der Waals surface area (Å²) in [7, 11) is 0. The van der Waals surface area contributed by atoms with Crippen molar-refractivity contribution in [3.63, 3.8) is 0 Å². The van der Waals surface area contributed by atoms with Crippen LogP contribution in [0.3, 0.4) is 0 Å². The molecule has 0 aromatic heterocycles. The van der Waals surface area contributed by atoms with Crippen LogP contribution < -0.4 is 5.32 Å². The second-order valence-corrected chi connectivity index (χ2v) is 5.55. The predicted molar refractivity (Wildman–Crippen MR) is 71.4 cm³/mol. The summed E-state index contributed by atoms with van der Waals surface area (Å²) in [4.78, 5) is 14.0. The maximum atomic E-state index is 12.1. The molecule has 4 heteroatoms. The van der Waals surface area contributed by atoms with Crippen molar-refractivity contribution in [1.29, 1.82) is 0 Å². The molecule has 0 aromatic rings. The van der Waals surface area contributed by atoms with Gasteiger partial charge in [-0.3, -0.25) is 4.79 Å². The maximum Gasteiger partial charge on any atom is 0.251 e. The maximum absolute atomic E-state index is 12.1. The number of hydrogen-bond donors (Lipinski definition) is 1. The van der Waals surface area contributed by atoms with Gasteiger partial charge in [0.1, 0.15) is 6.10 Å². The van der Waals surface area contributed by atoms with Gasteiger partial charge in [-0.05, 0) is 52.0 Å². The minimum atomic E-state index is -0.286. The number of rotatable bonds is 6. The van der Waals surface area contributed by atoms with E-state index >= 15 is 0 Å². The third-order valence-electron chi connectivity index (χ3n) is 3.96. The number of likely N-dealkylation sites (tertiary alicyclic amines) is 1. The van der Waals surface area contributed by atoms with Gasteiger partial charge in [-0.1, -0.05) is 0 Å². The molecule has 4 nitrogen and oxygen atoms in total. The molecule has 1 saturated heterocycles. The molecule has 0 aromatic carbocycles. The van der Waals surface area contributed by atoms with Crippen LogP contribution >= 0.6 is 0 Å². The van der Waals surface area contributed by atoms with Gasteiger partial charge in [-0.2, -0.15) is 0 Å². The molecule has 0 radical (unpaired) electrons. The fourth-order valence-corrected chi connectivity index (χ4v) is 2.54. The van der Waals surface area contributed by atoms with Gasteiger partial charge in [-0.15, -0.1) is 0 Å². The SMILES string of the molecule is CCOC(C)C(=O)N1CCC(NCC2CC2)CC1. The molecule has 1 heterocycles. The van der Waals surface area contributed by atoms with Crippen molar-refractivity contribution >= 4 is 5.91 Å². The zero-order chi connectivity index (χ0) is 13.0. The Morgan fingerprint density at radius 1 is 1.33 bits per heavy atom. The molecule has 1 aliphatic heterocycles. The molecule has 1 unspecified atom stereocenters. The van der Waals surface area contributed by atoms with Crippen LogP contribution in [-0.4, -0.2) is 49.2 Å². The number of nitrogens with one attached hydrogen (secondary N) is 1. The molecule has 18 heavy (non-hydrogen) atoms. The monoisotopic (exact) mass is 254 g/mol. The van der Waals surface area contributed by atoms with Gasteiger partial charge in [0.05, 0.1) is 0 Å². The third-order valence-corrected chi connectivity index (χ3v) is 3.96. The lowest BCUT2D eigenvalue weighted by molar-refractivity contribution is -0.143. The van der Waals surface area contributed by atoms with E-state index in [4.69, 9.17) is 4.74 Å². The lowest BCUT2D eigenvalue weighted by Gasteiger charge is -2.34. The molecule has 1 aliphatic carbocycles. The van der Waals surface area contributed by atoms with E-state index in [1.165, 1.54) is 19.4 Å². The van der Waals surface area contributed by atoms with Crippen LogP contribution in [0.4, 0.5) is 0 Å². The van der Waals surface area contributed by atoms with E-state index in [0.717, 1.165) is 31.8 Å². The van der Waals surface area contributed by atoms with E-state index in [-0.39, 0.29) is 12.0 Å². The van der Waals surface area contributed by atoms with Gasteiger partial charge in [0, 0.05) is 25.7 Å². The predicted octanol–water partition coefficient (Wildman–Crippen LogP) is 1.40. The molecule has 2 rings (SSSR count). The number of amides is 1. The van der Waals surface area contributed by atoms with Gasteiger partial charge in [0.25, 0.3) is 5.91 Å². The van der Waals surface area contributed by atoms with Crippen LogP contribution in [-0.2, 0) is 9.53 Å². The van der Waals surface area contributed by atoms with E-state index < -0.39 is 0 Å². The Hall–Kier alpha value is -0.610. The normalized spacial score (nSPS) is 23.1. The van der Waals surface area contributed by atoms with Crippen LogP contribution in [0.15, 0.2) is 0 Å². The lowest BCUT2D eigenvalue weighted by atomic mass is 10.0. The van der Waals surface area contributed by atoms with Gasteiger partial charge in [-0.25, -0.2) is 0 Å². The highest BCUT2D eigenvalue weighted by Crippen LogP contribution is 2.28. The molecule has 2 fully saturated rings. The molecular weight excluding hydrogens is 228 g/mol. The highest BCUT2D eigenvalue weighted by atomic mass is 16.5. The summed E-state index contributed by atoms with van der Waals surface area (Å²) in [6.45, 7) is 7.30. The molecule has 0 bridgehead atoms. The van der Waals surface area contributed by atoms with Crippen LogP contribution in [0.25, 0.3) is 0 Å². The van der Waals surface area contributed by atoms with E-state index in [9.17, 15) is 4.79 Å². The molecule has 1 N–H and O–H groups in total. The number of ether oxygens (including phenoxy) is 1. The Bertz CT molecular complexity index is 271. The summed E-state index contributed by atoms with van der Waals surface area (Å²) in [6.07, 6.45) is 4.67. The number of carbonyl (C=O) groups excluding carboxylic acids is 1. The van der Waals surface area contributed by atoms with Crippen molar-refractivity contribution in [3.8, 4) is 0 Å². The van der Waals surface area contributed by atoms with Crippen molar-refractivity contribution in [2.75, 3.05) is 26.2 Å². The highest BCUT2D eigenvalue weighted by molar-refractivity contribution is 5.80. The third kappa shape index (κ3) is 3.95. The molecule has 1 saturated carbocycles. The van der Waals surface area contributed by atoms with Gasteiger partial charge in [0.15, 0.2) is 0 Å². The second kappa shape index (κ2) is 6.53. The summed E-state index contributed by atoms with van der Waals surface area (Å²) in [5, 5.41) is 3.63. The zero-order valence-electron chi connectivity index (χ0n) is 11.7. The first-order valence-corrected chi connectivity index (χ1v) is 7.34. The molecule has 104 valence electrons. The van der Waals surface area contributed by atoms with Gasteiger partial charge in [0.2, 0.25) is 0 Å². The summed E-state index contributed by atoms with van der Waals surface area (Å²) in [5.74, 6) is 1.08. The first-order valence-electron chi connectivity index (χ1n) is 7.34. The zero-order valence-corrected chi connectivity index (χ0v) is 11.7. The fraction of sp³-hybridized carbons (Fsp3) is 0.929. The first-order chi connectivity index (χ1) is 8.70. The van der Waals surface area contributed by atoms with Crippen molar-refractivity contribution in [2.45, 2.75) is 51.7 Å². The average molecular weight is 254 g/mol. The van der Waals surface area contributed by atoms with Crippen molar-refractivity contribution in [3.05, 3.63) is 0 Å². The Labute approximate surface area is 110 Å². The minimum Gasteiger partial charge on any atom is -0.369 e. The second-order valence-electron chi connectivity index (χ2n) is 5.55. The summed E-state index contributed by atoms with van der Waals surface area (Å²) in [6, 6.07) is 0.608. The quantitative estimate of drug-likeness (QED) is 0.779. The smallest absolute Gasteiger partial charge is 0.251 e. The number of nitrogens with zero attached hydrogens (tertiary/aromatic N) is 1. The summed E-state index contributed by atoms with van der Waals surface area (Å²) < 4.78 is 5.36. The van der Waals surface area contributed by atoms with Crippen LogP contribution in [0.2, 0.25) is 0 Å². The Balaban J connectivity index is 1.66. The lowest BCUT2D eigenvalue weighted by Crippen LogP contribution is -2.48. The standard InChI is InChI=1S/C14H26N2O2/c1-3-18-11(2)14(17)16-8-6-13(7-9-16)15-10-12-4-5-12/h11-13,15H,3-10H2,1-2H3. The number of piperidine rings is 1. The number of carbonyl (C=O) groups is 1. The fourth-order valence-electron chi connectivity index (χ4n) is 2.54. The summed E-state index contributed by atoms with van der Waals surface area (Å²) in [5.41, 5.74) is 0. The van der Waals surface area contributed by atoms with Crippen LogP contribution in [0, 0.1) is 5.92 Å². The van der Waals surface area contributed by atoms with E-state index in [1.54, 1.807) is 0 Å². The van der Waals surface area contributed by atoms with Crippen LogP contribution in [0.5, 0.6) is 0 Å². The van der Waals surface area contributed by atoms with Crippen LogP contribution in [0.1, 0.15) is 39.5 Å². The molecule has 1 atom stereocenters. The van der Waals surface area contributed by atoms with E-state index in [1.807, 2.05) is 18.7 Å². The topological polar surface area (TPSA) is 41.6 Å². The molecule has 0 spiro atoms. The minimum absolute atomic E-state index is 0.150. The van der Waals surface area contributed by atoms with E-state index in [0.29, 0.717) is 12.6 Å². The average Bonchev–Trinajstić information content (AvgIpc) is 3.20. The van der Waals surface area contributed by atoms with Gasteiger partial charge >= 0.3 is 0 Å². The Morgan fingerprint density at radius 3 is 2.56 bits per heavy atom. The highest BCUT2D eigenvalue weighted by Gasteiger charge is 2.27. The van der Waals surface area contributed by atoms with Crippen molar-refractivity contribution < 1.29 is 9.53 Å². The Morgan fingerprint density at radius 2 is 2.00 bits per heavy atom. The van der Waals surface area contributed by atoms with Crippen molar-refractivity contribution in [2.24, 2.45) is 5.92 Å². The largest absolute Gasteiger partial charge is 0.369 e. The Kier molecular flexibility index (Phi) is 5.01. The number of hydrogen-bond acceptors (Lipinski definition) is 3. The van der Waals surface area contributed by atoms with E-state index in [2.05, 4.69) is 5.32 Å². The summed E-state index contributed by atoms with van der Waals surface area (Å²) >= 11 is 0. The molecule has 2 aliphatic rings. The first kappa shape index (κ1) is 13.8.